The van der Waals surface area contributed by atoms with Gasteiger partial charge in [0.25, 0.3) is 5.95 Å². The van der Waals surface area contributed by atoms with Crippen LogP contribution in [0.1, 0.15) is 18.4 Å². The average molecular weight is 214 g/mol. The molecule has 7 heteroatoms. The van der Waals surface area contributed by atoms with E-state index < -0.39 is 12.0 Å². The van der Waals surface area contributed by atoms with Crippen LogP contribution in [0.2, 0.25) is 0 Å². The third kappa shape index (κ3) is 2.91. The standard InChI is InChI=1S/C8H14N4O3/c1-12(2)8-10-7(15-11-8)5(9)4-6(13)14-3/h5H,4,9H2,1-3H3/t5-/m0/s1. The van der Waals surface area contributed by atoms with Crippen LogP contribution in [0.5, 0.6) is 0 Å². The summed E-state index contributed by atoms with van der Waals surface area (Å²) in [5, 5.41) is 3.68. The molecule has 0 bridgehead atoms. The van der Waals surface area contributed by atoms with Crippen molar-refractivity contribution in [1.82, 2.24) is 10.1 Å². The minimum Gasteiger partial charge on any atom is -0.469 e. The summed E-state index contributed by atoms with van der Waals surface area (Å²) in [7, 11) is 4.86. The monoisotopic (exact) mass is 214 g/mol. The number of hydrogen-bond donors (Lipinski definition) is 1. The third-order valence-electron chi connectivity index (χ3n) is 1.76. The van der Waals surface area contributed by atoms with Crippen LogP contribution in [0.3, 0.4) is 0 Å². The average Bonchev–Trinajstić information content (AvgIpc) is 2.66. The van der Waals surface area contributed by atoms with Crippen molar-refractivity contribution in [3.05, 3.63) is 5.89 Å². The molecule has 0 aliphatic rings. The summed E-state index contributed by atoms with van der Waals surface area (Å²) in [6.07, 6.45) is 0.0194. The number of rotatable bonds is 4. The van der Waals surface area contributed by atoms with Gasteiger partial charge in [0.1, 0.15) is 0 Å². The zero-order valence-electron chi connectivity index (χ0n) is 8.93. The highest BCUT2D eigenvalue weighted by Crippen LogP contribution is 2.14. The number of nitrogens with zero attached hydrogens (tertiary/aromatic N) is 3. The van der Waals surface area contributed by atoms with Crippen molar-refractivity contribution in [2.24, 2.45) is 5.73 Å². The van der Waals surface area contributed by atoms with Crippen molar-refractivity contribution < 1.29 is 14.1 Å². The van der Waals surface area contributed by atoms with E-state index >= 15 is 0 Å². The number of anilines is 1. The Morgan fingerprint density at radius 1 is 1.67 bits per heavy atom. The number of aromatic nitrogens is 2. The molecule has 2 N–H and O–H groups in total. The molecule has 15 heavy (non-hydrogen) atoms. The van der Waals surface area contributed by atoms with Crippen molar-refractivity contribution in [3.8, 4) is 0 Å². The zero-order chi connectivity index (χ0) is 11.4. The molecule has 84 valence electrons. The maximum atomic E-state index is 10.9. The Morgan fingerprint density at radius 3 is 2.80 bits per heavy atom. The molecule has 7 nitrogen and oxygen atoms in total. The molecule has 0 aromatic carbocycles. The number of ether oxygens (including phenoxy) is 1. The SMILES string of the molecule is COC(=O)C[C@H](N)c1nc(N(C)C)no1. The lowest BCUT2D eigenvalue weighted by atomic mass is 10.2. The fourth-order valence-corrected chi connectivity index (χ4v) is 0.909. The first-order valence-electron chi connectivity index (χ1n) is 4.38. The molecule has 1 aromatic heterocycles. The lowest BCUT2D eigenvalue weighted by Crippen LogP contribution is -2.17. The fraction of sp³-hybridized carbons (Fsp3) is 0.625. The number of carbonyl (C=O) groups excluding carboxylic acids is 1. The van der Waals surface area contributed by atoms with Crippen molar-refractivity contribution in [2.75, 3.05) is 26.1 Å². The molecule has 0 spiro atoms. The van der Waals surface area contributed by atoms with Crippen molar-refractivity contribution >= 4 is 11.9 Å². The van der Waals surface area contributed by atoms with E-state index in [1.54, 1.807) is 19.0 Å². The van der Waals surface area contributed by atoms with E-state index in [1.807, 2.05) is 0 Å². The first kappa shape index (κ1) is 11.4. The van der Waals surface area contributed by atoms with E-state index in [-0.39, 0.29) is 12.3 Å². The lowest BCUT2D eigenvalue weighted by Gasteiger charge is -2.04. The molecule has 0 radical (unpaired) electrons. The molecule has 0 aliphatic carbocycles. The van der Waals surface area contributed by atoms with Gasteiger partial charge in [-0.25, -0.2) is 0 Å². The number of esters is 1. The first-order valence-corrected chi connectivity index (χ1v) is 4.38. The Kier molecular flexibility index (Phi) is 3.62. The second-order valence-corrected chi connectivity index (χ2v) is 3.21. The van der Waals surface area contributed by atoms with Crippen LogP contribution in [0, 0.1) is 0 Å². The minimum atomic E-state index is -0.626. The second-order valence-electron chi connectivity index (χ2n) is 3.21. The number of methoxy groups -OCH3 is 1. The fourth-order valence-electron chi connectivity index (χ4n) is 0.909. The van der Waals surface area contributed by atoms with Gasteiger partial charge in [-0.15, -0.1) is 0 Å². The smallest absolute Gasteiger partial charge is 0.307 e. The minimum absolute atomic E-state index is 0.0194. The molecule has 0 amide bonds. The van der Waals surface area contributed by atoms with Gasteiger partial charge in [0, 0.05) is 14.1 Å². The van der Waals surface area contributed by atoms with Gasteiger partial charge in [-0.2, -0.15) is 4.98 Å². The lowest BCUT2D eigenvalue weighted by molar-refractivity contribution is -0.141. The predicted octanol–water partition coefficient (Wildman–Crippen LogP) is -0.301. The van der Waals surface area contributed by atoms with Gasteiger partial charge in [-0.1, -0.05) is 0 Å². The highest BCUT2D eigenvalue weighted by Gasteiger charge is 2.19. The molecule has 0 unspecified atom stereocenters. The highest BCUT2D eigenvalue weighted by atomic mass is 16.5. The topological polar surface area (TPSA) is 94.5 Å². The van der Waals surface area contributed by atoms with Crippen LogP contribution in [0.4, 0.5) is 5.95 Å². The van der Waals surface area contributed by atoms with E-state index in [2.05, 4.69) is 14.9 Å². The van der Waals surface area contributed by atoms with E-state index in [1.165, 1.54) is 7.11 Å². The van der Waals surface area contributed by atoms with Crippen LogP contribution in [0.15, 0.2) is 4.52 Å². The van der Waals surface area contributed by atoms with Crippen LogP contribution in [0.25, 0.3) is 0 Å². The van der Waals surface area contributed by atoms with Gasteiger partial charge in [0.05, 0.1) is 19.6 Å². The van der Waals surface area contributed by atoms with E-state index in [0.717, 1.165) is 0 Å². The van der Waals surface area contributed by atoms with E-state index in [4.69, 9.17) is 10.3 Å². The third-order valence-corrected chi connectivity index (χ3v) is 1.76. The van der Waals surface area contributed by atoms with Crippen LogP contribution < -0.4 is 10.6 Å². The van der Waals surface area contributed by atoms with Gasteiger partial charge in [-0.05, 0) is 5.16 Å². The van der Waals surface area contributed by atoms with E-state index in [0.29, 0.717) is 5.95 Å². The quantitative estimate of drug-likeness (QED) is 0.687. The summed E-state index contributed by atoms with van der Waals surface area (Å²) in [5.41, 5.74) is 5.67. The Hall–Kier alpha value is -1.63. The molecule has 1 aromatic rings. The summed E-state index contributed by atoms with van der Waals surface area (Å²) < 4.78 is 9.37. The zero-order valence-corrected chi connectivity index (χ0v) is 8.93. The molecular formula is C8H14N4O3. The second kappa shape index (κ2) is 4.74. The van der Waals surface area contributed by atoms with E-state index in [9.17, 15) is 4.79 Å². The predicted molar refractivity (Wildman–Crippen MR) is 52.2 cm³/mol. The summed E-state index contributed by atoms with van der Waals surface area (Å²) in [6, 6.07) is -0.626. The number of hydrogen-bond acceptors (Lipinski definition) is 7. The van der Waals surface area contributed by atoms with Crippen LogP contribution >= 0.6 is 0 Å². The van der Waals surface area contributed by atoms with Gasteiger partial charge >= 0.3 is 5.97 Å². The summed E-state index contributed by atoms with van der Waals surface area (Å²) >= 11 is 0. The number of carbonyl (C=O) groups is 1. The maximum absolute atomic E-state index is 10.9. The normalized spacial score (nSPS) is 12.3. The summed E-state index contributed by atoms with van der Waals surface area (Å²) in [6.45, 7) is 0. The molecule has 0 saturated heterocycles. The molecule has 0 aliphatic heterocycles. The Labute approximate surface area is 87.2 Å². The van der Waals surface area contributed by atoms with Gasteiger partial charge < -0.3 is 19.9 Å². The van der Waals surface area contributed by atoms with Crippen LogP contribution in [-0.2, 0) is 9.53 Å². The van der Waals surface area contributed by atoms with Crippen molar-refractivity contribution in [3.63, 3.8) is 0 Å². The first-order chi connectivity index (χ1) is 7.04. The number of nitrogens with two attached hydrogens (primary N) is 1. The highest BCUT2D eigenvalue weighted by molar-refractivity contribution is 5.69. The molecule has 0 saturated carbocycles. The molecule has 1 rings (SSSR count). The Morgan fingerprint density at radius 2 is 2.33 bits per heavy atom. The van der Waals surface area contributed by atoms with Crippen LogP contribution in [-0.4, -0.2) is 37.3 Å². The van der Waals surface area contributed by atoms with Crippen molar-refractivity contribution in [2.45, 2.75) is 12.5 Å². The molecule has 0 fully saturated rings. The van der Waals surface area contributed by atoms with Gasteiger partial charge in [0.15, 0.2) is 0 Å². The maximum Gasteiger partial charge on any atom is 0.307 e. The molecule has 1 atom stereocenters. The molecule has 1 heterocycles. The Bertz CT molecular complexity index is 336. The molecular weight excluding hydrogens is 200 g/mol. The van der Waals surface area contributed by atoms with Gasteiger partial charge in [-0.3, -0.25) is 4.79 Å². The Balaban J connectivity index is 2.65. The summed E-state index contributed by atoms with van der Waals surface area (Å²) in [5.74, 6) is 0.238. The largest absolute Gasteiger partial charge is 0.469 e. The summed E-state index contributed by atoms with van der Waals surface area (Å²) in [4.78, 5) is 16.6. The van der Waals surface area contributed by atoms with Crippen molar-refractivity contribution in [1.29, 1.82) is 0 Å². The van der Waals surface area contributed by atoms with Gasteiger partial charge in [0.2, 0.25) is 5.89 Å².